The molecule has 2 heterocycles. The molecule has 7 nitrogen and oxygen atoms in total. The van der Waals surface area contributed by atoms with E-state index >= 15 is 0 Å². The molecule has 2 atom stereocenters. The van der Waals surface area contributed by atoms with Crippen LogP contribution in [0.4, 0.5) is 0 Å². The molecule has 0 bridgehead atoms. The van der Waals surface area contributed by atoms with Crippen LogP contribution in [0, 0.1) is 18.8 Å². The van der Waals surface area contributed by atoms with Crippen LogP contribution in [-0.2, 0) is 11.3 Å². The number of carbonyl (C=O) groups excluding carboxylic acids is 1. The van der Waals surface area contributed by atoms with Gasteiger partial charge in [0.05, 0.1) is 6.54 Å². The van der Waals surface area contributed by atoms with Crippen LogP contribution >= 0.6 is 0 Å². The van der Waals surface area contributed by atoms with Crippen LogP contribution in [0.3, 0.4) is 0 Å². The highest BCUT2D eigenvalue weighted by Crippen LogP contribution is 2.32. The minimum absolute atomic E-state index is 0.129. The van der Waals surface area contributed by atoms with Crippen molar-refractivity contribution in [2.24, 2.45) is 17.6 Å². The molecule has 1 aromatic heterocycles. The second-order valence-corrected chi connectivity index (χ2v) is 8.01. The van der Waals surface area contributed by atoms with E-state index in [4.69, 9.17) is 10.3 Å². The molecule has 1 aliphatic heterocycles. The van der Waals surface area contributed by atoms with E-state index in [1.807, 2.05) is 29.2 Å². The Labute approximate surface area is 165 Å². The van der Waals surface area contributed by atoms with Gasteiger partial charge in [-0.2, -0.15) is 4.98 Å². The maximum atomic E-state index is 12.8. The lowest BCUT2D eigenvalue weighted by molar-refractivity contribution is -0.138. The minimum atomic E-state index is 0.129. The smallest absolute Gasteiger partial charge is 0.241 e. The highest BCUT2D eigenvalue weighted by atomic mass is 16.5. The third-order valence-electron chi connectivity index (χ3n) is 6.10. The molecule has 1 aliphatic carbocycles. The molecule has 0 spiro atoms. The van der Waals surface area contributed by atoms with Crippen LogP contribution in [0.1, 0.15) is 30.7 Å². The minimum Gasteiger partial charge on any atom is -0.340 e. The summed E-state index contributed by atoms with van der Waals surface area (Å²) < 4.78 is 5.44. The molecule has 1 saturated carbocycles. The first kappa shape index (κ1) is 19.1. The van der Waals surface area contributed by atoms with Gasteiger partial charge in [-0.05, 0) is 32.2 Å². The molecule has 7 heteroatoms. The van der Waals surface area contributed by atoms with Gasteiger partial charge < -0.3 is 15.2 Å². The molecular weight excluding hydrogens is 354 g/mol. The third-order valence-corrected chi connectivity index (χ3v) is 6.10. The van der Waals surface area contributed by atoms with E-state index in [9.17, 15) is 4.79 Å². The number of carbonyl (C=O) groups is 1. The first-order valence-corrected chi connectivity index (χ1v) is 10.2. The van der Waals surface area contributed by atoms with Crippen molar-refractivity contribution in [2.45, 2.75) is 32.7 Å². The van der Waals surface area contributed by atoms with Crippen molar-refractivity contribution in [3.05, 3.63) is 35.7 Å². The lowest BCUT2D eigenvalue weighted by Crippen LogP contribution is -2.50. The molecule has 4 rings (SSSR count). The topological polar surface area (TPSA) is 88.5 Å². The van der Waals surface area contributed by atoms with E-state index in [0.717, 1.165) is 51.0 Å². The number of amides is 1. The summed E-state index contributed by atoms with van der Waals surface area (Å²) in [5, 5.41) is 4.11. The molecule has 2 aromatic rings. The molecule has 2 fully saturated rings. The summed E-state index contributed by atoms with van der Waals surface area (Å²) in [5.74, 6) is 2.04. The lowest BCUT2D eigenvalue weighted by Gasteiger charge is -2.36. The van der Waals surface area contributed by atoms with Gasteiger partial charge in [0.15, 0.2) is 0 Å². The van der Waals surface area contributed by atoms with Gasteiger partial charge in [0, 0.05) is 37.7 Å². The van der Waals surface area contributed by atoms with Gasteiger partial charge in [0.25, 0.3) is 0 Å². The van der Waals surface area contributed by atoms with Gasteiger partial charge in [0.1, 0.15) is 0 Å². The van der Waals surface area contributed by atoms with Crippen molar-refractivity contribution in [1.82, 2.24) is 19.9 Å². The fourth-order valence-electron chi connectivity index (χ4n) is 4.34. The van der Waals surface area contributed by atoms with Crippen LogP contribution < -0.4 is 5.73 Å². The summed E-state index contributed by atoms with van der Waals surface area (Å²) >= 11 is 0. The monoisotopic (exact) mass is 383 g/mol. The Morgan fingerprint density at radius 1 is 1.18 bits per heavy atom. The van der Waals surface area contributed by atoms with E-state index in [1.165, 1.54) is 5.56 Å². The summed E-state index contributed by atoms with van der Waals surface area (Å²) in [6.07, 6.45) is 3.21. The molecule has 0 radical (unpaired) electrons. The number of piperazine rings is 1. The Kier molecular flexibility index (Phi) is 5.73. The van der Waals surface area contributed by atoms with Gasteiger partial charge >= 0.3 is 0 Å². The van der Waals surface area contributed by atoms with Crippen LogP contribution in [0.15, 0.2) is 28.8 Å². The zero-order valence-corrected chi connectivity index (χ0v) is 16.5. The van der Waals surface area contributed by atoms with Crippen LogP contribution in [0.5, 0.6) is 0 Å². The van der Waals surface area contributed by atoms with Crippen molar-refractivity contribution in [3.63, 3.8) is 0 Å². The first-order chi connectivity index (χ1) is 13.6. The number of rotatable bonds is 5. The summed E-state index contributed by atoms with van der Waals surface area (Å²) in [6, 6.07) is 8.10. The van der Waals surface area contributed by atoms with E-state index in [2.05, 4.69) is 22.0 Å². The summed E-state index contributed by atoms with van der Waals surface area (Å²) in [4.78, 5) is 21.6. The highest BCUT2D eigenvalue weighted by Gasteiger charge is 2.35. The number of benzene rings is 1. The van der Waals surface area contributed by atoms with E-state index in [1.54, 1.807) is 0 Å². The quantitative estimate of drug-likeness (QED) is 0.850. The first-order valence-electron chi connectivity index (χ1n) is 10.2. The van der Waals surface area contributed by atoms with Crippen molar-refractivity contribution < 1.29 is 9.32 Å². The average molecular weight is 383 g/mol. The number of aromatic nitrogens is 2. The number of aryl methyl sites for hydroxylation is 1. The molecule has 150 valence electrons. The zero-order chi connectivity index (χ0) is 19.5. The zero-order valence-electron chi connectivity index (χ0n) is 16.5. The van der Waals surface area contributed by atoms with Crippen molar-refractivity contribution in [1.29, 1.82) is 0 Å². The Hall–Kier alpha value is -2.25. The van der Waals surface area contributed by atoms with Crippen LogP contribution in [0.25, 0.3) is 11.4 Å². The number of hydrogen-bond donors (Lipinski definition) is 1. The normalized spacial score (nSPS) is 23.3. The predicted octanol–water partition coefficient (Wildman–Crippen LogP) is 2.06. The molecule has 0 unspecified atom stereocenters. The predicted molar refractivity (Wildman–Crippen MR) is 106 cm³/mol. The highest BCUT2D eigenvalue weighted by molar-refractivity contribution is 5.79. The van der Waals surface area contributed by atoms with Gasteiger partial charge in [-0.1, -0.05) is 41.4 Å². The largest absolute Gasteiger partial charge is 0.340 e. The summed E-state index contributed by atoms with van der Waals surface area (Å²) in [5.41, 5.74) is 8.01. The standard InChI is InChI=1S/C21H29N5O2/c1-15-5-7-16(8-6-15)20-23-19(28-24-20)14-25-9-11-26(12-10-25)21(27)18-4-2-3-17(18)13-22/h5-8,17-18H,2-4,9-14,22H2,1H3/t17-,18-/m1/s1. The second kappa shape index (κ2) is 8.41. The fourth-order valence-corrected chi connectivity index (χ4v) is 4.34. The SMILES string of the molecule is Cc1ccc(-c2noc(CN3CCN(C(=O)[C@@H]4CCC[C@@H]4CN)CC3)n2)cc1. The van der Waals surface area contributed by atoms with Gasteiger partial charge in [-0.25, -0.2) is 0 Å². The second-order valence-electron chi connectivity index (χ2n) is 8.01. The van der Waals surface area contributed by atoms with Gasteiger partial charge in [-0.3, -0.25) is 9.69 Å². The summed E-state index contributed by atoms with van der Waals surface area (Å²) in [7, 11) is 0. The molecule has 1 amide bonds. The third kappa shape index (κ3) is 4.10. The number of hydrogen-bond acceptors (Lipinski definition) is 6. The van der Waals surface area contributed by atoms with Crippen molar-refractivity contribution in [3.8, 4) is 11.4 Å². The molecule has 2 aliphatic rings. The van der Waals surface area contributed by atoms with Gasteiger partial charge in [-0.15, -0.1) is 0 Å². The average Bonchev–Trinajstić information content (AvgIpc) is 3.38. The van der Waals surface area contributed by atoms with Crippen LogP contribution in [-0.4, -0.2) is 58.6 Å². The van der Waals surface area contributed by atoms with Crippen molar-refractivity contribution in [2.75, 3.05) is 32.7 Å². The molecule has 1 saturated heterocycles. The Balaban J connectivity index is 1.30. The van der Waals surface area contributed by atoms with Gasteiger partial charge in [0.2, 0.25) is 17.6 Å². The summed E-state index contributed by atoms with van der Waals surface area (Å²) in [6.45, 7) is 6.46. The number of nitrogens with zero attached hydrogens (tertiary/aromatic N) is 4. The maximum absolute atomic E-state index is 12.8. The van der Waals surface area contributed by atoms with E-state index in [0.29, 0.717) is 36.6 Å². The lowest BCUT2D eigenvalue weighted by atomic mass is 9.94. The Morgan fingerprint density at radius 3 is 2.64 bits per heavy atom. The van der Waals surface area contributed by atoms with E-state index in [-0.39, 0.29) is 5.92 Å². The molecule has 28 heavy (non-hydrogen) atoms. The van der Waals surface area contributed by atoms with Crippen molar-refractivity contribution >= 4 is 5.91 Å². The fraction of sp³-hybridized carbons (Fsp3) is 0.571. The molecule has 1 aromatic carbocycles. The number of nitrogens with two attached hydrogens (primary N) is 1. The molecular formula is C21H29N5O2. The Bertz CT molecular complexity index is 795. The van der Waals surface area contributed by atoms with E-state index < -0.39 is 0 Å². The Morgan fingerprint density at radius 2 is 1.93 bits per heavy atom. The maximum Gasteiger partial charge on any atom is 0.241 e. The molecule has 2 N–H and O–H groups in total. The van der Waals surface area contributed by atoms with Crippen LogP contribution in [0.2, 0.25) is 0 Å².